The van der Waals surface area contributed by atoms with Crippen molar-refractivity contribution in [1.82, 2.24) is 19.6 Å². The molecule has 3 N–H and O–H groups in total. The molecule has 0 aliphatic rings. The Morgan fingerprint density at radius 1 is 1.60 bits per heavy atom. The fourth-order valence-corrected chi connectivity index (χ4v) is 1.22. The Balaban J connectivity index is 2.88. The molecule has 0 atom stereocenters. The average molecular weight is 208 g/mol. The van der Waals surface area contributed by atoms with E-state index in [-0.39, 0.29) is 17.3 Å². The molecule has 0 aliphatic heterocycles. The zero-order valence-electron chi connectivity index (χ0n) is 7.89. The van der Waals surface area contributed by atoms with Gasteiger partial charge in [-0.05, 0) is 5.18 Å². The smallest absolute Gasteiger partial charge is 0.284 e. The number of nitroso groups, excluding NO2 is 1. The van der Waals surface area contributed by atoms with Gasteiger partial charge < -0.3 is 5.73 Å². The van der Waals surface area contributed by atoms with Crippen LogP contribution in [0, 0.1) is 4.91 Å². The van der Waals surface area contributed by atoms with Crippen molar-refractivity contribution in [1.29, 1.82) is 0 Å². The predicted molar refractivity (Wildman–Crippen MR) is 52.9 cm³/mol. The second-order valence-corrected chi connectivity index (χ2v) is 2.90. The standard InChI is InChI=1S/C7H8N6O2/c1-2-3-9-7-10-6(14)4(12-15)5(8)13(7)11-3/h2,8H2,1H3,(H,9,10,11,14). The molecule has 2 rings (SSSR count). The van der Waals surface area contributed by atoms with Crippen LogP contribution in [-0.2, 0) is 6.42 Å². The molecule has 0 saturated carbocycles. The van der Waals surface area contributed by atoms with Crippen LogP contribution in [0.1, 0.15) is 12.7 Å². The van der Waals surface area contributed by atoms with Gasteiger partial charge in [0.1, 0.15) is 0 Å². The molecule has 0 unspecified atom stereocenters. The third-order valence-corrected chi connectivity index (χ3v) is 1.97. The number of nitrogens with one attached hydrogen (secondary N) is 1. The molecule has 78 valence electrons. The second kappa shape index (κ2) is 3.15. The average Bonchev–Trinajstić information content (AvgIpc) is 2.61. The molecule has 0 aliphatic carbocycles. The summed E-state index contributed by atoms with van der Waals surface area (Å²) in [5, 5.41) is 6.54. The van der Waals surface area contributed by atoms with Crippen LogP contribution in [0.3, 0.4) is 0 Å². The maximum Gasteiger partial charge on any atom is 0.284 e. The Kier molecular flexibility index (Phi) is 1.96. The lowest BCUT2D eigenvalue weighted by molar-refractivity contribution is 0.885. The van der Waals surface area contributed by atoms with E-state index in [9.17, 15) is 9.70 Å². The van der Waals surface area contributed by atoms with Gasteiger partial charge in [0.05, 0.1) is 0 Å². The Morgan fingerprint density at radius 2 is 2.33 bits per heavy atom. The number of aromatic nitrogens is 4. The van der Waals surface area contributed by atoms with Gasteiger partial charge in [0, 0.05) is 6.42 Å². The number of anilines is 1. The van der Waals surface area contributed by atoms with Crippen molar-refractivity contribution in [3.05, 3.63) is 21.1 Å². The zero-order chi connectivity index (χ0) is 11.0. The van der Waals surface area contributed by atoms with E-state index in [1.165, 1.54) is 4.52 Å². The molecule has 0 aromatic carbocycles. The number of rotatable bonds is 2. The van der Waals surface area contributed by atoms with E-state index in [2.05, 4.69) is 20.2 Å². The van der Waals surface area contributed by atoms with E-state index in [0.29, 0.717) is 12.2 Å². The molecule has 2 aromatic heterocycles. The highest BCUT2D eigenvalue weighted by molar-refractivity contribution is 5.59. The number of nitrogens with two attached hydrogens (primary N) is 1. The minimum absolute atomic E-state index is 0.101. The lowest BCUT2D eigenvalue weighted by Gasteiger charge is -1.97. The summed E-state index contributed by atoms with van der Waals surface area (Å²) in [6.07, 6.45) is 0.604. The first-order chi connectivity index (χ1) is 7.17. The first-order valence-electron chi connectivity index (χ1n) is 4.28. The molecule has 0 radical (unpaired) electrons. The predicted octanol–water partition coefficient (Wildman–Crippen LogP) is -0.0399. The summed E-state index contributed by atoms with van der Waals surface area (Å²) in [6, 6.07) is 0. The summed E-state index contributed by atoms with van der Waals surface area (Å²) in [5.74, 6) is 0.637. The van der Waals surface area contributed by atoms with Gasteiger partial charge in [-0.3, -0.25) is 9.78 Å². The molecule has 2 aromatic rings. The van der Waals surface area contributed by atoms with Crippen LogP contribution in [0.15, 0.2) is 9.97 Å². The SMILES string of the molecule is CCc1nc2[nH]c(=O)c(N=O)c(N)n2n1. The highest BCUT2D eigenvalue weighted by Crippen LogP contribution is 2.15. The van der Waals surface area contributed by atoms with Crippen LogP contribution in [0.5, 0.6) is 0 Å². The van der Waals surface area contributed by atoms with Crippen molar-refractivity contribution in [3.63, 3.8) is 0 Å². The molecule has 0 amide bonds. The first-order valence-corrected chi connectivity index (χ1v) is 4.28. The maximum atomic E-state index is 11.3. The molecule has 0 fully saturated rings. The Bertz CT molecular complexity index is 583. The van der Waals surface area contributed by atoms with Crippen molar-refractivity contribution in [2.45, 2.75) is 13.3 Å². The van der Waals surface area contributed by atoms with Gasteiger partial charge >= 0.3 is 0 Å². The highest BCUT2D eigenvalue weighted by atomic mass is 16.3. The Labute approximate surface area is 83.1 Å². The highest BCUT2D eigenvalue weighted by Gasteiger charge is 2.13. The van der Waals surface area contributed by atoms with Gasteiger partial charge in [0.15, 0.2) is 11.6 Å². The number of hydrogen-bond acceptors (Lipinski definition) is 6. The molecule has 8 heteroatoms. The van der Waals surface area contributed by atoms with Gasteiger partial charge in [0.25, 0.3) is 5.56 Å². The fourth-order valence-electron chi connectivity index (χ4n) is 1.22. The van der Waals surface area contributed by atoms with Crippen molar-refractivity contribution in [3.8, 4) is 0 Å². The van der Waals surface area contributed by atoms with Crippen molar-refractivity contribution in [2.75, 3.05) is 5.73 Å². The molecule has 0 saturated heterocycles. The van der Waals surface area contributed by atoms with Gasteiger partial charge in [-0.1, -0.05) is 6.92 Å². The molecule has 0 spiro atoms. The number of H-pyrrole nitrogens is 1. The van der Waals surface area contributed by atoms with E-state index in [1.807, 2.05) is 6.92 Å². The summed E-state index contributed by atoms with van der Waals surface area (Å²) in [5.41, 5.74) is 4.50. The second-order valence-electron chi connectivity index (χ2n) is 2.90. The van der Waals surface area contributed by atoms with Crippen molar-refractivity contribution in [2.24, 2.45) is 5.18 Å². The van der Waals surface area contributed by atoms with E-state index in [1.54, 1.807) is 0 Å². The third-order valence-electron chi connectivity index (χ3n) is 1.97. The van der Waals surface area contributed by atoms with E-state index >= 15 is 0 Å². The third kappa shape index (κ3) is 1.26. The molecule has 8 nitrogen and oxygen atoms in total. The van der Waals surface area contributed by atoms with Crippen LogP contribution >= 0.6 is 0 Å². The molecule has 15 heavy (non-hydrogen) atoms. The summed E-state index contributed by atoms with van der Waals surface area (Å²) in [4.78, 5) is 28.0. The van der Waals surface area contributed by atoms with Gasteiger partial charge in [-0.25, -0.2) is 0 Å². The molecular formula is C7H8N6O2. The largest absolute Gasteiger partial charge is 0.381 e. The summed E-state index contributed by atoms with van der Waals surface area (Å²) in [7, 11) is 0. The topological polar surface area (TPSA) is 118 Å². The van der Waals surface area contributed by atoms with Crippen LogP contribution < -0.4 is 11.3 Å². The molecule has 2 heterocycles. The van der Waals surface area contributed by atoms with Gasteiger partial charge in [-0.2, -0.15) is 9.50 Å². The van der Waals surface area contributed by atoms with Crippen molar-refractivity contribution < 1.29 is 0 Å². The maximum absolute atomic E-state index is 11.3. The molecule has 0 bridgehead atoms. The number of hydrogen-bond donors (Lipinski definition) is 2. The zero-order valence-corrected chi connectivity index (χ0v) is 7.89. The minimum Gasteiger partial charge on any atom is -0.381 e. The summed E-state index contributed by atoms with van der Waals surface area (Å²) < 4.78 is 1.19. The van der Waals surface area contributed by atoms with Crippen LogP contribution in [-0.4, -0.2) is 19.6 Å². The Morgan fingerprint density at radius 3 is 2.93 bits per heavy atom. The lowest BCUT2D eigenvalue weighted by Crippen LogP contribution is -2.13. The van der Waals surface area contributed by atoms with Gasteiger partial charge in [-0.15, -0.1) is 10.0 Å². The quantitative estimate of drug-likeness (QED) is 0.671. The number of fused-ring (bicyclic) bond motifs is 1. The summed E-state index contributed by atoms with van der Waals surface area (Å²) >= 11 is 0. The first kappa shape index (κ1) is 9.31. The van der Waals surface area contributed by atoms with E-state index in [0.717, 1.165) is 0 Å². The number of aryl methyl sites for hydroxylation is 1. The number of nitrogens with zero attached hydrogens (tertiary/aromatic N) is 4. The van der Waals surface area contributed by atoms with Crippen LogP contribution in [0.2, 0.25) is 0 Å². The molecular weight excluding hydrogens is 200 g/mol. The Hall–Kier alpha value is -2.25. The summed E-state index contributed by atoms with van der Waals surface area (Å²) in [6.45, 7) is 1.86. The van der Waals surface area contributed by atoms with Crippen LogP contribution in [0.4, 0.5) is 11.5 Å². The monoisotopic (exact) mass is 208 g/mol. The van der Waals surface area contributed by atoms with E-state index in [4.69, 9.17) is 5.73 Å². The van der Waals surface area contributed by atoms with E-state index < -0.39 is 5.56 Å². The fraction of sp³-hybridized carbons (Fsp3) is 0.286. The number of nitrogen functional groups attached to an aromatic ring is 1. The lowest BCUT2D eigenvalue weighted by atomic mass is 10.5. The number of aromatic amines is 1. The van der Waals surface area contributed by atoms with Gasteiger partial charge in [0.2, 0.25) is 11.5 Å². The normalized spacial score (nSPS) is 10.7. The van der Waals surface area contributed by atoms with Crippen molar-refractivity contribution >= 4 is 17.3 Å². The van der Waals surface area contributed by atoms with Crippen LogP contribution in [0.25, 0.3) is 5.78 Å². The minimum atomic E-state index is -0.662.